The number of carbonyl (C=O) groups excluding carboxylic acids is 6. The molecule has 0 saturated heterocycles. The number of hydrogen-bond donors (Lipinski definition) is 0. The van der Waals surface area contributed by atoms with Crippen molar-refractivity contribution in [2.24, 2.45) is 35.5 Å². The van der Waals surface area contributed by atoms with Gasteiger partial charge < -0.3 is 59.4 Å². The summed E-state index contributed by atoms with van der Waals surface area (Å²) >= 11 is 0. The largest absolute Gasteiger partial charge is 2.00 e. The quantitative estimate of drug-likeness (QED) is 0.0830. The van der Waals surface area contributed by atoms with Crippen LogP contribution in [0.1, 0.15) is 237 Å². The maximum Gasteiger partial charge on any atom is 2.00 e. The second kappa shape index (κ2) is 62.9. The zero-order chi connectivity index (χ0) is 47.9. The van der Waals surface area contributed by atoms with Gasteiger partial charge in [0, 0.05) is 35.8 Å². The molecule has 0 aromatic carbocycles. The summed E-state index contributed by atoms with van der Waals surface area (Å²) in [6, 6.07) is 0. The molecule has 0 aliphatic carbocycles. The number of rotatable bonds is 30. The molecule has 15 heteroatoms. The molecule has 6 atom stereocenters. The number of unbranched alkanes of at least 4 members (excludes halogenated alkanes) is 6. The van der Waals surface area contributed by atoms with Gasteiger partial charge in [0.15, 0.2) is 0 Å². The minimum absolute atomic E-state index is 0. The Bertz CT molecular complexity index is 820. The molecule has 0 aliphatic rings. The standard InChI is InChI=1S/6C8H16O2.Co.Mn.Pb/c6*1-3-5-6-7(4-2)8(9)10;;;/h6*7H,3-6H2,1-2H3,(H,9,10);;;/q;;;;;;3*+2/p-6. The van der Waals surface area contributed by atoms with Crippen molar-refractivity contribution in [1.29, 1.82) is 0 Å². The number of aliphatic carboxylic acids is 6. The SMILES string of the molecule is CCCCC(CC)C(=O)[O-].CCCCC(CC)C(=O)[O-].CCCCC(CC)C(=O)[O-].CCCCC(CC)C(=O)[O-].CCCCC(CC)C(=O)[O-].CCCCC(CC)C(=O)[O-].[Co+2].[Mn+2].[Pb+2]. The van der Waals surface area contributed by atoms with Crippen molar-refractivity contribution < 1.29 is 93.3 Å². The van der Waals surface area contributed by atoms with Crippen molar-refractivity contribution in [2.75, 3.05) is 0 Å². The van der Waals surface area contributed by atoms with E-state index in [0.29, 0.717) is 38.5 Å². The number of carboxylic acid groups (broad SMARTS) is 6. The van der Waals surface area contributed by atoms with E-state index in [1.807, 2.05) is 41.5 Å². The van der Waals surface area contributed by atoms with Gasteiger partial charge in [-0.3, -0.25) is 0 Å². The summed E-state index contributed by atoms with van der Waals surface area (Å²) in [5, 5.41) is 62.0. The monoisotopic (exact) mass is 1180 g/mol. The fraction of sp³-hybridized carbons (Fsp3) is 0.875. The fourth-order valence-electron chi connectivity index (χ4n) is 5.63. The second-order valence-electron chi connectivity index (χ2n) is 15.4. The Morgan fingerprint density at radius 1 is 0.286 bits per heavy atom. The first-order chi connectivity index (χ1) is 28.3. The van der Waals surface area contributed by atoms with Gasteiger partial charge in [0.05, 0.1) is 0 Å². The van der Waals surface area contributed by atoms with E-state index in [9.17, 15) is 59.4 Å². The molecule has 0 bridgehead atoms. The molecule has 0 aromatic rings. The van der Waals surface area contributed by atoms with Crippen LogP contribution in [0.3, 0.4) is 0 Å². The van der Waals surface area contributed by atoms with E-state index in [4.69, 9.17) is 0 Å². The molecule has 0 heterocycles. The van der Waals surface area contributed by atoms with Crippen molar-refractivity contribution >= 4 is 63.1 Å². The van der Waals surface area contributed by atoms with Crippen molar-refractivity contribution in [3.8, 4) is 0 Å². The Kier molecular flexibility index (Phi) is 81.7. The minimum atomic E-state index is -0.893. The summed E-state index contributed by atoms with van der Waals surface area (Å²) in [6.45, 7) is 23.7. The fourth-order valence-corrected chi connectivity index (χ4v) is 5.63. The van der Waals surface area contributed by atoms with Crippen LogP contribution in [-0.4, -0.2) is 63.1 Å². The van der Waals surface area contributed by atoms with Gasteiger partial charge in [-0.25, -0.2) is 0 Å². The van der Waals surface area contributed by atoms with E-state index < -0.39 is 35.8 Å². The van der Waals surface area contributed by atoms with Gasteiger partial charge in [0.1, 0.15) is 0 Å². The molecule has 374 valence electrons. The Balaban J connectivity index is -0.0000000786. The number of hydrogen-bond acceptors (Lipinski definition) is 12. The molecule has 0 aliphatic heterocycles. The Morgan fingerprint density at radius 3 is 0.429 bits per heavy atom. The van der Waals surface area contributed by atoms with E-state index in [1.165, 1.54) is 0 Å². The summed E-state index contributed by atoms with van der Waals surface area (Å²) in [5.41, 5.74) is 0. The van der Waals surface area contributed by atoms with Crippen LogP contribution in [0.5, 0.6) is 0 Å². The molecule has 0 spiro atoms. The Morgan fingerprint density at radius 2 is 0.381 bits per heavy atom. The molecular weight excluding hydrogens is 1090 g/mol. The summed E-state index contributed by atoms with van der Waals surface area (Å²) in [6.07, 6.45) is 21.1. The summed E-state index contributed by atoms with van der Waals surface area (Å²) in [7, 11) is 0. The van der Waals surface area contributed by atoms with E-state index in [-0.39, 0.29) is 96.7 Å². The van der Waals surface area contributed by atoms with Gasteiger partial charge in [-0.15, -0.1) is 0 Å². The average molecular weight is 1180 g/mol. The van der Waals surface area contributed by atoms with Crippen LogP contribution in [0.2, 0.25) is 0 Å². The maximum atomic E-state index is 10.3. The molecule has 63 heavy (non-hydrogen) atoms. The van der Waals surface area contributed by atoms with Crippen LogP contribution in [0.4, 0.5) is 0 Å². The third kappa shape index (κ3) is 60.8. The van der Waals surface area contributed by atoms with Crippen molar-refractivity contribution in [3.63, 3.8) is 0 Å². The molecule has 0 N–H and O–H groups in total. The maximum absolute atomic E-state index is 10.3. The Labute approximate surface area is 426 Å². The predicted molar refractivity (Wildman–Crippen MR) is 236 cm³/mol. The zero-order valence-corrected chi connectivity index (χ0v) is 47.7. The first-order valence-corrected chi connectivity index (χ1v) is 23.6. The van der Waals surface area contributed by atoms with E-state index in [0.717, 1.165) is 116 Å². The van der Waals surface area contributed by atoms with Gasteiger partial charge >= 0.3 is 61.1 Å². The third-order valence-corrected chi connectivity index (χ3v) is 10.4. The molecule has 0 fully saturated rings. The van der Waals surface area contributed by atoms with Gasteiger partial charge in [0.25, 0.3) is 0 Å². The van der Waals surface area contributed by atoms with Crippen LogP contribution in [0.25, 0.3) is 0 Å². The van der Waals surface area contributed by atoms with Gasteiger partial charge in [-0.1, -0.05) is 160 Å². The molecule has 4 radical (unpaired) electrons. The van der Waals surface area contributed by atoms with Crippen LogP contribution >= 0.6 is 0 Å². The molecular formula is C48H90CoMnO12Pb. The summed E-state index contributed by atoms with van der Waals surface area (Å²) in [5.74, 6) is -6.69. The predicted octanol–water partition coefficient (Wildman–Crippen LogP) is 5.33. The van der Waals surface area contributed by atoms with Gasteiger partial charge in [-0.05, 0) is 113 Å². The molecule has 6 unspecified atom stereocenters. The van der Waals surface area contributed by atoms with Crippen molar-refractivity contribution in [3.05, 3.63) is 0 Å². The molecule has 0 aromatic heterocycles. The van der Waals surface area contributed by atoms with Crippen LogP contribution in [0, 0.1) is 35.5 Å². The number of carboxylic acids is 6. The topological polar surface area (TPSA) is 241 Å². The van der Waals surface area contributed by atoms with E-state index in [2.05, 4.69) is 41.5 Å². The zero-order valence-electron chi connectivity index (χ0n) is 41.5. The Hall–Kier alpha value is -1.23. The van der Waals surface area contributed by atoms with E-state index >= 15 is 0 Å². The van der Waals surface area contributed by atoms with Crippen LogP contribution in [-0.2, 0) is 62.6 Å². The van der Waals surface area contributed by atoms with Crippen LogP contribution in [0.15, 0.2) is 0 Å². The van der Waals surface area contributed by atoms with Crippen LogP contribution < -0.4 is 30.6 Å². The second-order valence-corrected chi connectivity index (χ2v) is 15.4. The smallest absolute Gasteiger partial charge is 0.550 e. The minimum Gasteiger partial charge on any atom is -0.550 e. The normalized spacial score (nSPS) is 12.4. The van der Waals surface area contributed by atoms with Gasteiger partial charge in [-0.2, -0.15) is 0 Å². The van der Waals surface area contributed by atoms with Gasteiger partial charge in [0.2, 0.25) is 0 Å². The van der Waals surface area contributed by atoms with Crippen molar-refractivity contribution in [1.82, 2.24) is 0 Å². The summed E-state index contributed by atoms with van der Waals surface area (Å²) < 4.78 is 0. The molecule has 0 amide bonds. The summed E-state index contributed by atoms with van der Waals surface area (Å²) in [4.78, 5) is 62.0. The van der Waals surface area contributed by atoms with Crippen molar-refractivity contribution in [2.45, 2.75) is 237 Å². The molecule has 0 rings (SSSR count). The first kappa shape index (κ1) is 81.9. The average Bonchev–Trinajstić information content (AvgIpc) is 3.20. The van der Waals surface area contributed by atoms with E-state index in [1.54, 1.807) is 0 Å². The number of carbonyl (C=O) groups is 6. The molecule has 12 nitrogen and oxygen atoms in total. The first-order valence-electron chi connectivity index (χ1n) is 23.6. The third-order valence-electron chi connectivity index (χ3n) is 10.4. The molecule has 0 saturated carbocycles.